The van der Waals surface area contributed by atoms with E-state index in [0.29, 0.717) is 0 Å². The molecule has 0 unspecified atom stereocenters. The van der Waals surface area contributed by atoms with Crippen molar-refractivity contribution in [2.24, 2.45) is 10.2 Å². The number of aromatic amines is 2. The second-order valence-electron chi connectivity index (χ2n) is 9.29. The molecule has 0 radical (unpaired) electrons. The van der Waals surface area contributed by atoms with Gasteiger partial charge in [0.15, 0.2) is 0 Å². The number of aryl methyl sites for hydroxylation is 2. The van der Waals surface area contributed by atoms with Crippen LogP contribution in [0.15, 0.2) is 41.8 Å². The first-order chi connectivity index (χ1) is 19.4. The molecule has 6 atom stereocenters. The van der Waals surface area contributed by atoms with Crippen molar-refractivity contribution in [3.63, 3.8) is 0 Å². The number of rotatable bonds is 10. The van der Waals surface area contributed by atoms with Gasteiger partial charge in [0, 0.05) is 46.2 Å². The average Bonchev–Trinajstić information content (AvgIpc) is 3.50. The third-order valence-electron chi connectivity index (χ3n) is 6.52. The fraction of sp³-hybridized carbons (Fsp3) is 0.600. The van der Waals surface area contributed by atoms with E-state index in [2.05, 4.69) is 30.0 Å². The molecule has 2 aliphatic rings. The molecule has 0 spiro atoms. The number of hydrogen-bond acceptors (Lipinski definition) is 11. The second kappa shape index (κ2) is 12.3. The molecule has 21 heteroatoms. The molecule has 0 aromatic carbocycles. The fourth-order valence-corrected chi connectivity index (χ4v) is 5.17. The van der Waals surface area contributed by atoms with E-state index in [0.717, 1.165) is 9.13 Å². The van der Waals surface area contributed by atoms with Gasteiger partial charge in [-0.05, 0) is 24.9 Å². The first kappa shape index (κ1) is 30.0. The molecule has 0 saturated carbocycles. The van der Waals surface area contributed by atoms with Gasteiger partial charge in [-0.1, -0.05) is 10.2 Å². The summed E-state index contributed by atoms with van der Waals surface area (Å²) >= 11 is 0. The molecule has 4 heterocycles. The Labute approximate surface area is 228 Å². The number of H-pyrrole nitrogens is 2. The zero-order valence-electron chi connectivity index (χ0n) is 21.6. The van der Waals surface area contributed by atoms with Gasteiger partial charge >= 0.3 is 19.2 Å². The first-order valence-electron chi connectivity index (χ1n) is 12.1. The van der Waals surface area contributed by atoms with Crippen molar-refractivity contribution in [2.75, 3.05) is 13.2 Å². The van der Waals surface area contributed by atoms with E-state index in [1.54, 1.807) is 0 Å². The standard InChI is InChI=1S/C20H25N10O10P/c1-9-5-29(19(33)23-17(9)31)15-3-11(25-27-21)13(39-15)7-37-41(35,36)38-8-14-12(26-28-22)4-16(40-14)30-6-10(2)18(32)24-20(30)34/h5-6,11-16H,3-4,7-8H2,1-2H3,(H,35,36)(H,23,31,33)(H,24,32,34)/t11-,12-,13+,14+,15+,16+/m0/s1. The zero-order chi connectivity index (χ0) is 29.9. The number of hydrogen-bond donors (Lipinski definition) is 3. The SMILES string of the molecule is Cc1cn([C@H]2C[C@H](N=[N+]=[N-])[C@@H](COP(=O)(O)OC[C@H]3O[C@@H](n4cc(C)c(=O)[nH]c4=O)C[C@@H]3N=[N+]=[N-])O2)c(=O)[nH]c1=O. The van der Waals surface area contributed by atoms with Gasteiger partial charge in [-0.15, -0.1) is 0 Å². The summed E-state index contributed by atoms with van der Waals surface area (Å²) in [6.45, 7) is 1.81. The highest BCUT2D eigenvalue weighted by Gasteiger charge is 2.40. The number of phosphoric ester groups is 1. The molecule has 3 N–H and O–H groups in total. The lowest BCUT2D eigenvalue weighted by Gasteiger charge is -2.21. The number of azide groups is 2. The second-order valence-corrected chi connectivity index (χ2v) is 10.7. The fourth-order valence-electron chi connectivity index (χ4n) is 4.42. The Kier molecular flexibility index (Phi) is 8.96. The van der Waals surface area contributed by atoms with Crippen LogP contribution in [0.2, 0.25) is 0 Å². The predicted molar refractivity (Wildman–Crippen MR) is 137 cm³/mol. The highest BCUT2D eigenvalue weighted by Crippen LogP contribution is 2.45. The molecule has 2 saturated heterocycles. The first-order valence-corrected chi connectivity index (χ1v) is 13.6. The minimum absolute atomic E-state index is 0.00874. The van der Waals surface area contributed by atoms with E-state index < -0.39 is 80.3 Å². The summed E-state index contributed by atoms with van der Waals surface area (Å²) in [6, 6.07) is -1.78. The highest BCUT2D eigenvalue weighted by atomic mass is 31.2. The zero-order valence-corrected chi connectivity index (χ0v) is 22.5. The number of aromatic nitrogens is 4. The summed E-state index contributed by atoms with van der Waals surface area (Å²) in [5.41, 5.74) is 15.6. The van der Waals surface area contributed by atoms with E-state index in [1.165, 1.54) is 26.2 Å². The van der Waals surface area contributed by atoms with Gasteiger partial charge in [0.2, 0.25) is 0 Å². The van der Waals surface area contributed by atoms with Crippen molar-refractivity contribution >= 4 is 7.82 Å². The maximum atomic E-state index is 12.6. The third kappa shape index (κ3) is 6.84. The molecule has 20 nitrogen and oxygen atoms in total. The molecule has 0 aliphatic carbocycles. The normalized spacial score (nSPS) is 27.1. The smallest absolute Gasteiger partial charge is 0.352 e. The largest absolute Gasteiger partial charge is 0.472 e. The Morgan fingerprint density at radius 2 is 1.29 bits per heavy atom. The maximum absolute atomic E-state index is 12.6. The van der Waals surface area contributed by atoms with E-state index in [1.807, 2.05) is 0 Å². The Hall–Kier alpha value is -3.99. The summed E-state index contributed by atoms with van der Waals surface area (Å²) in [6.07, 6.45) is -1.47. The van der Waals surface area contributed by atoms with Crippen LogP contribution in [0.5, 0.6) is 0 Å². The summed E-state index contributed by atoms with van der Waals surface area (Å²) in [5, 5.41) is 7.21. The van der Waals surface area contributed by atoms with Gasteiger partial charge in [-0.25, -0.2) is 14.2 Å². The van der Waals surface area contributed by atoms with Gasteiger partial charge in [0.05, 0.1) is 37.5 Å². The number of nitrogens with zero attached hydrogens (tertiary/aromatic N) is 8. The lowest BCUT2D eigenvalue weighted by molar-refractivity contribution is -0.0401. The van der Waals surface area contributed by atoms with Crippen LogP contribution < -0.4 is 22.5 Å². The van der Waals surface area contributed by atoms with E-state index in [-0.39, 0.29) is 24.0 Å². The van der Waals surface area contributed by atoms with Crippen LogP contribution in [0.1, 0.15) is 36.4 Å². The van der Waals surface area contributed by atoms with Crippen molar-refractivity contribution in [3.8, 4) is 0 Å². The van der Waals surface area contributed by atoms with Crippen LogP contribution in [0.3, 0.4) is 0 Å². The highest BCUT2D eigenvalue weighted by molar-refractivity contribution is 7.47. The molecule has 2 aromatic rings. The van der Waals surface area contributed by atoms with E-state index in [4.69, 9.17) is 29.6 Å². The summed E-state index contributed by atoms with van der Waals surface area (Å²) in [5.74, 6) is 0. The van der Waals surface area contributed by atoms with Gasteiger partial charge in [-0.2, -0.15) is 0 Å². The van der Waals surface area contributed by atoms with Crippen LogP contribution in [0.25, 0.3) is 20.9 Å². The molecule has 0 bridgehead atoms. The van der Waals surface area contributed by atoms with E-state index in [9.17, 15) is 28.6 Å². The van der Waals surface area contributed by atoms with Crippen LogP contribution >= 0.6 is 7.82 Å². The molecular formula is C20H25N10O10P. The van der Waals surface area contributed by atoms with Crippen LogP contribution in [0, 0.1) is 13.8 Å². The number of ether oxygens (including phenoxy) is 2. The van der Waals surface area contributed by atoms with Crippen molar-refractivity contribution in [3.05, 3.63) is 86.1 Å². The van der Waals surface area contributed by atoms with Crippen LogP contribution in [-0.2, 0) is 23.1 Å². The Morgan fingerprint density at radius 1 is 0.902 bits per heavy atom. The molecule has 0 amide bonds. The lowest BCUT2D eigenvalue weighted by Crippen LogP contribution is -2.33. The Bertz CT molecular complexity index is 1570. The minimum Gasteiger partial charge on any atom is -0.352 e. The van der Waals surface area contributed by atoms with Gasteiger partial charge in [0.25, 0.3) is 11.1 Å². The molecule has 4 rings (SSSR count). The van der Waals surface area contributed by atoms with Gasteiger partial charge in [0.1, 0.15) is 12.5 Å². The molecule has 2 aliphatic heterocycles. The lowest BCUT2D eigenvalue weighted by atomic mass is 10.1. The van der Waals surface area contributed by atoms with Crippen molar-refractivity contribution in [1.82, 2.24) is 19.1 Å². The molecule has 41 heavy (non-hydrogen) atoms. The topological polar surface area (TPSA) is 281 Å². The predicted octanol–water partition coefficient (Wildman–Crippen LogP) is 0.770. The van der Waals surface area contributed by atoms with Gasteiger partial charge in [-0.3, -0.25) is 37.7 Å². The average molecular weight is 596 g/mol. The Morgan fingerprint density at radius 3 is 1.66 bits per heavy atom. The number of nitrogens with one attached hydrogen (secondary N) is 2. The maximum Gasteiger partial charge on any atom is 0.472 e. The quantitative estimate of drug-likeness (QED) is 0.150. The minimum atomic E-state index is -4.78. The summed E-state index contributed by atoms with van der Waals surface area (Å²) < 4.78 is 36.4. The molecule has 2 fully saturated rings. The van der Waals surface area contributed by atoms with E-state index >= 15 is 0 Å². The van der Waals surface area contributed by atoms with Crippen molar-refractivity contribution < 1.29 is 28.0 Å². The summed E-state index contributed by atoms with van der Waals surface area (Å²) in [7, 11) is -4.78. The molecule has 220 valence electrons. The number of phosphoric acid groups is 1. The Balaban J connectivity index is 1.40. The van der Waals surface area contributed by atoms with Crippen LogP contribution in [-0.4, -0.2) is 61.5 Å². The monoisotopic (exact) mass is 596 g/mol. The van der Waals surface area contributed by atoms with Crippen molar-refractivity contribution in [2.45, 2.75) is 63.4 Å². The van der Waals surface area contributed by atoms with Gasteiger partial charge < -0.3 is 14.4 Å². The van der Waals surface area contributed by atoms with Crippen LogP contribution in [0.4, 0.5) is 0 Å². The molecule has 2 aromatic heterocycles. The third-order valence-corrected chi connectivity index (χ3v) is 7.48. The molecular weight excluding hydrogens is 571 g/mol. The summed E-state index contributed by atoms with van der Waals surface area (Å²) in [4.78, 5) is 67.8. The van der Waals surface area contributed by atoms with Crippen molar-refractivity contribution in [1.29, 1.82) is 0 Å².